The highest BCUT2D eigenvalue weighted by Gasteiger charge is 2.19. The van der Waals surface area contributed by atoms with Crippen LogP contribution in [0.15, 0.2) is 6.07 Å². The predicted octanol–water partition coefficient (Wildman–Crippen LogP) is 2.29. The Morgan fingerprint density at radius 1 is 1.35 bits per heavy atom. The molecule has 0 saturated carbocycles. The fourth-order valence-electron chi connectivity index (χ4n) is 2.14. The molecule has 0 amide bonds. The molecule has 0 aliphatic heterocycles. The fourth-order valence-corrected chi connectivity index (χ4v) is 2.14. The summed E-state index contributed by atoms with van der Waals surface area (Å²) in [6.07, 6.45) is 1.05. The average molecular weight is 237 g/mol. The Morgan fingerprint density at radius 3 is 2.59 bits per heavy atom. The number of ether oxygens (including phenoxy) is 1. The van der Waals surface area contributed by atoms with E-state index in [0.29, 0.717) is 17.8 Å². The van der Waals surface area contributed by atoms with Crippen LogP contribution >= 0.6 is 0 Å². The molecule has 17 heavy (non-hydrogen) atoms. The normalized spacial score (nSPS) is 14.4. The number of rotatable bonds is 6. The lowest BCUT2D eigenvalue weighted by atomic mass is 9.94. The number of likely N-dealkylation sites (N-methyl/N-ethyl adjacent to an activating group) is 1. The second-order valence-corrected chi connectivity index (χ2v) is 4.24. The van der Waals surface area contributed by atoms with Crippen LogP contribution in [0.2, 0.25) is 0 Å². The minimum Gasteiger partial charge on any atom is -0.481 e. The third-order valence-corrected chi connectivity index (χ3v) is 2.99. The zero-order valence-corrected chi connectivity index (χ0v) is 11.4. The number of methoxy groups -OCH3 is 1. The summed E-state index contributed by atoms with van der Waals surface area (Å²) in [4.78, 5) is 8.75. The van der Waals surface area contributed by atoms with Crippen molar-refractivity contribution in [2.75, 3.05) is 13.7 Å². The Hall–Kier alpha value is -1.16. The Bertz CT molecular complexity index is 355. The van der Waals surface area contributed by atoms with Crippen molar-refractivity contribution in [1.29, 1.82) is 0 Å². The van der Waals surface area contributed by atoms with Crippen molar-refractivity contribution in [2.45, 2.75) is 46.1 Å². The zero-order valence-electron chi connectivity index (χ0n) is 11.4. The number of nitrogens with one attached hydrogen (secondary N) is 1. The molecule has 96 valence electrons. The molecule has 1 aromatic rings. The summed E-state index contributed by atoms with van der Waals surface area (Å²) < 4.78 is 5.20. The first-order valence-electron chi connectivity index (χ1n) is 6.25. The average Bonchev–Trinajstić information content (AvgIpc) is 2.29. The molecular weight excluding hydrogens is 214 g/mol. The standard InChI is InChI=1S/C13H23N3O/c1-6-11(9(3)14-7-2)12-8-13(17-5)16-10(4)15-12/h8-9,11,14H,6-7H2,1-5H3. The van der Waals surface area contributed by atoms with Crippen LogP contribution in [0.25, 0.3) is 0 Å². The summed E-state index contributed by atoms with van der Waals surface area (Å²) in [6, 6.07) is 2.35. The van der Waals surface area contributed by atoms with Crippen molar-refractivity contribution >= 4 is 0 Å². The van der Waals surface area contributed by atoms with E-state index in [9.17, 15) is 0 Å². The van der Waals surface area contributed by atoms with E-state index < -0.39 is 0 Å². The van der Waals surface area contributed by atoms with Crippen LogP contribution in [0.3, 0.4) is 0 Å². The summed E-state index contributed by atoms with van der Waals surface area (Å²) in [7, 11) is 1.64. The van der Waals surface area contributed by atoms with E-state index in [-0.39, 0.29) is 0 Å². The molecule has 4 nitrogen and oxygen atoms in total. The minimum absolute atomic E-state index is 0.394. The molecule has 1 rings (SSSR count). The Kier molecular flexibility index (Phi) is 5.35. The van der Waals surface area contributed by atoms with Crippen molar-refractivity contribution in [2.24, 2.45) is 0 Å². The van der Waals surface area contributed by atoms with Crippen LogP contribution < -0.4 is 10.1 Å². The predicted molar refractivity (Wildman–Crippen MR) is 69.5 cm³/mol. The van der Waals surface area contributed by atoms with Gasteiger partial charge in [0.2, 0.25) is 5.88 Å². The molecule has 0 bridgehead atoms. The number of nitrogens with zero attached hydrogens (tertiary/aromatic N) is 2. The highest BCUT2D eigenvalue weighted by atomic mass is 16.5. The molecule has 0 aliphatic rings. The van der Waals surface area contributed by atoms with Gasteiger partial charge in [-0.1, -0.05) is 13.8 Å². The van der Waals surface area contributed by atoms with Gasteiger partial charge >= 0.3 is 0 Å². The van der Waals surface area contributed by atoms with Crippen molar-refractivity contribution in [3.8, 4) is 5.88 Å². The van der Waals surface area contributed by atoms with E-state index in [0.717, 1.165) is 24.5 Å². The quantitative estimate of drug-likeness (QED) is 0.824. The van der Waals surface area contributed by atoms with Crippen LogP contribution in [-0.2, 0) is 0 Å². The van der Waals surface area contributed by atoms with Gasteiger partial charge in [-0.2, -0.15) is 4.98 Å². The van der Waals surface area contributed by atoms with Gasteiger partial charge in [0.15, 0.2) is 0 Å². The van der Waals surface area contributed by atoms with E-state index in [2.05, 4.69) is 36.1 Å². The number of hydrogen-bond acceptors (Lipinski definition) is 4. The number of hydrogen-bond donors (Lipinski definition) is 1. The second kappa shape index (κ2) is 6.55. The molecule has 0 aromatic carbocycles. The maximum atomic E-state index is 5.20. The molecule has 2 atom stereocenters. The highest BCUT2D eigenvalue weighted by molar-refractivity contribution is 5.20. The monoisotopic (exact) mass is 237 g/mol. The van der Waals surface area contributed by atoms with E-state index in [1.165, 1.54) is 0 Å². The topological polar surface area (TPSA) is 47.0 Å². The molecule has 1 aromatic heterocycles. The van der Waals surface area contributed by atoms with E-state index in [4.69, 9.17) is 4.74 Å². The molecule has 0 fully saturated rings. The van der Waals surface area contributed by atoms with Gasteiger partial charge < -0.3 is 10.1 Å². The van der Waals surface area contributed by atoms with Crippen LogP contribution in [0, 0.1) is 6.92 Å². The van der Waals surface area contributed by atoms with Crippen LogP contribution in [0.1, 0.15) is 44.6 Å². The van der Waals surface area contributed by atoms with Gasteiger partial charge in [0.1, 0.15) is 5.82 Å². The molecule has 4 heteroatoms. The summed E-state index contributed by atoms with van der Waals surface area (Å²) in [5, 5.41) is 3.45. The van der Waals surface area contributed by atoms with E-state index in [1.54, 1.807) is 7.11 Å². The molecule has 0 radical (unpaired) electrons. The maximum Gasteiger partial charge on any atom is 0.216 e. The highest BCUT2D eigenvalue weighted by Crippen LogP contribution is 2.24. The Balaban J connectivity index is 2.98. The molecule has 0 spiro atoms. The van der Waals surface area contributed by atoms with Gasteiger partial charge in [-0.05, 0) is 26.8 Å². The van der Waals surface area contributed by atoms with Crippen molar-refractivity contribution < 1.29 is 4.74 Å². The first-order valence-corrected chi connectivity index (χ1v) is 6.25. The summed E-state index contributed by atoms with van der Waals surface area (Å²) in [5.41, 5.74) is 1.06. The summed E-state index contributed by atoms with van der Waals surface area (Å²) in [5.74, 6) is 1.81. The van der Waals surface area contributed by atoms with Gasteiger partial charge in [0, 0.05) is 18.0 Å². The summed E-state index contributed by atoms with van der Waals surface area (Å²) >= 11 is 0. The molecule has 0 aliphatic carbocycles. The van der Waals surface area contributed by atoms with Crippen LogP contribution in [0.5, 0.6) is 5.88 Å². The largest absolute Gasteiger partial charge is 0.481 e. The number of aryl methyl sites for hydroxylation is 1. The SMILES string of the molecule is CCNC(C)C(CC)c1cc(OC)nc(C)n1. The van der Waals surface area contributed by atoms with Crippen LogP contribution in [0.4, 0.5) is 0 Å². The lowest BCUT2D eigenvalue weighted by Crippen LogP contribution is -2.32. The first kappa shape index (κ1) is 13.9. The molecule has 1 N–H and O–H groups in total. The Labute approximate surface area is 104 Å². The van der Waals surface area contributed by atoms with Crippen molar-refractivity contribution in [3.63, 3.8) is 0 Å². The lowest BCUT2D eigenvalue weighted by molar-refractivity contribution is 0.390. The van der Waals surface area contributed by atoms with Crippen molar-refractivity contribution in [3.05, 3.63) is 17.6 Å². The molecular formula is C13H23N3O. The molecule has 2 unspecified atom stereocenters. The third-order valence-electron chi connectivity index (χ3n) is 2.99. The smallest absolute Gasteiger partial charge is 0.216 e. The van der Waals surface area contributed by atoms with E-state index >= 15 is 0 Å². The maximum absolute atomic E-state index is 5.20. The molecule has 1 heterocycles. The van der Waals surface area contributed by atoms with Gasteiger partial charge in [-0.15, -0.1) is 0 Å². The molecule has 0 saturated heterocycles. The fraction of sp³-hybridized carbons (Fsp3) is 0.692. The Morgan fingerprint density at radius 2 is 2.06 bits per heavy atom. The summed E-state index contributed by atoms with van der Waals surface area (Å²) in [6.45, 7) is 9.37. The van der Waals surface area contributed by atoms with Crippen LogP contribution in [-0.4, -0.2) is 29.7 Å². The van der Waals surface area contributed by atoms with Gasteiger partial charge in [-0.25, -0.2) is 4.98 Å². The third kappa shape index (κ3) is 3.66. The van der Waals surface area contributed by atoms with Gasteiger partial charge in [0.25, 0.3) is 0 Å². The minimum atomic E-state index is 0.394. The zero-order chi connectivity index (χ0) is 12.8. The first-order chi connectivity index (χ1) is 8.12. The van der Waals surface area contributed by atoms with Gasteiger partial charge in [-0.3, -0.25) is 0 Å². The lowest BCUT2D eigenvalue weighted by Gasteiger charge is -2.23. The van der Waals surface area contributed by atoms with Crippen molar-refractivity contribution in [1.82, 2.24) is 15.3 Å². The second-order valence-electron chi connectivity index (χ2n) is 4.24. The van der Waals surface area contributed by atoms with Gasteiger partial charge in [0.05, 0.1) is 12.8 Å². The number of aromatic nitrogens is 2. The van der Waals surface area contributed by atoms with E-state index in [1.807, 2.05) is 13.0 Å².